The second-order valence-corrected chi connectivity index (χ2v) is 6.09. The van der Waals surface area contributed by atoms with Crippen LogP contribution in [0.1, 0.15) is 48.9 Å². The molecule has 0 spiro atoms. The zero-order valence-electron chi connectivity index (χ0n) is 11.9. The lowest BCUT2D eigenvalue weighted by molar-refractivity contribution is 0.0933. The van der Waals surface area contributed by atoms with Gasteiger partial charge in [-0.1, -0.05) is 37.3 Å². The number of amides is 1. The summed E-state index contributed by atoms with van der Waals surface area (Å²) in [6, 6.07) is 9.51. The maximum atomic E-state index is 12.4. The SMILES string of the molecule is O=C(NC1CCCCCC1)c1ccc2nc(Cl)ccc2c1. The summed E-state index contributed by atoms with van der Waals surface area (Å²) in [7, 11) is 0. The molecule has 1 amide bonds. The maximum Gasteiger partial charge on any atom is 0.251 e. The Morgan fingerprint density at radius 2 is 1.86 bits per heavy atom. The number of pyridine rings is 1. The Morgan fingerprint density at radius 1 is 1.10 bits per heavy atom. The molecule has 0 atom stereocenters. The Hall–Kier alpha value is -1.61. The van der Waals surface area contributed by atoms with E-state index >= 15 is 0 Å². The van der Waals surface area contributed by atoms with Crippen LogP contribution >= 0.6 is 11.6 Å². The quantitative estimate of drug-likeness (QED) is 0.662. The molecular weight excluding hydrogens is 284 g/mol. The minimum Gasteiger partial charge on any atom is -0.349 e. The smallest absolute Gasteiger partial charge is 0.251 e. The van der Waals surface area contributed by atoms with Gasteiger partial charge in [0, 0.05) is 17.0 Å². The third-order valence-electron chi connectivity index (χ3n) is 4.11. The standard InChI is InChI=1S/C17H19ClN2O/c18-16-10-8-12-11-13(7-9-15(12)20-16)17(21)19-14-5-3-1-2-4-6-14/h7-11,14H,1-6H2,(H,19,21). The molecule has 1 aromatic heterocycles. The first kappa shape index (κ1) is 14.3. The molecule has 110 valence electrons. The number of fused-ring (bicyclic) bond motifs is 1. The van der Waals surface area contributed by atoms with E-state index in [9.17, 15) is 4.79 Å². The molecule has 21 heavy (non-hydrogen) atoms. The average Bonchev–Trinajstić information content (AvgIpc) is 2.75. The van der Waals surface area contributed by atoms with Crippen LogP contribution < -0.4 is 5.32 Å². The van der Waals surface area contributed by atoms with E-state index < -0.39 is 0 Å². The molecule has 0 aliphatic heterocycles. The number of halogens is 1. The minimum atomic E-state index is 0.0127. The van der Waals surface area contributed by atoms with E-state index in [0.717, 1.165) is 23.7 Å². The molecule has 4 heteroatoms. The van der Waals surface area contributed by atoms with Crippen molar-refractivity contribution < 1.29 is 4.79 Å². The molecule has 1 N–H and O–H groups in total. The lowest BCUT2D eigenvalue weighted by atomic mass is 10.1. The molecule has 1 heterocycles. The predicted molar refractivity (Wildman–Crippen MR) is 85.7 cm³/mol. The van der Waals surface area contributed by atoms with Gasteiger partial charge in [-0.05, 0) is 43.2 Å². The number of benzene rings is 1. The molecule has 1 aliphatic rings. The number of carbonyl (C=O) groups is 1. The molecule has 0 saturated heterocycles. The number of rotatable bonds is 2. The van der Waals surface area contributed by atoms with E-state index in [-0.39, 0.29) is 5.91 Å². The zero-order chi connectivity index (χ0) is 14.7. The number of hydrogen-bond acceptors (Lipinski definition) is 2. The summed E-state index contributed by atoms with van der Waals surface area (Å²) in [5.74, 6) is 0.0127. The van der Waals surface area contributed by atoms with Gasteiger partial charge in [-0.2, -0.15) is 0 Å². The first-order valence-corrected chi connectivity index (χ1v) is 7.97. The molecule has 3 rings (SSSR count). The first-order valence-electron chi connectivity index (χ1n) is 7.59. The van der Waals surface area contributed by atoms with Crippen molar-refractivity contribution in [3.05, 3.63) is 41.0 Å². The van der Waals surface area contributed by atoms with Crippen LogP contribution in [0.5, 0.6) is 0 Å². The number of nitrogens with zero attached hydrogens (tertiary/aromatic N) is 1. The molecule has 2 aromatic rings. The summed E-state index contributed by atoms with van der Waals surface area (Å²) in [5.41, 5.74) is 1.50. The molecular formula is C17H19ClN2O. The third kappa shape index (κ3) is 3.53. The summed E-state index contributed by atoms with van der Waals surface area (Å²) >= 11 is 5.87. The molecule has 0 unspecified atom stereocenters. The van der Waals surface area contributed by atoms with Gasteiger partial charge in [0.15, 0.2) is 0 Å². The van der Waals surface area contributed by atoms with Crippen molar-refractivity contribution >= 4 is 28.4 Å². The summed E-state index contributed by atoms with van der Waals surface area (Å²) in [5, 5.41) is 4.57. The second-order valence-electron chi connectivity index (χ2n) is 5.70. The van der Waals surface area contributed by atoms with Gasteiger partial charge in [-0.3, -0.25) is 4.79 Å². The average molecular weight is 303 g/mol. The molecule has 1 aliphatic carbocycles. The lowest BCUT2D eigenvalue weighted by Gasteiger charge is -2.16. The topological polar surface area (TPSA) is 42.0 Å². The summed E-state index contributed by atoms with van der Waals surface area (Å²) < 4.78 is 0. The Morgan fingerprint density at radius 3 is 2.62 bits per heavy atom. The van der Waals surface area contributed by atoms with E-state index in [1.54, 1.807) is 6.07 Å². The van der Waals surface area contributed by atoms with Crippen LogP contribution in [0.4, 0.5) is 0 Å². The van der Waals surface area contributed by atoms with E-state index in [1.165, 1.54) is 25.7 Å². The van der Waals surface area contributed by atoms with Crippen molar-refractivity contribution in [3.8, 4) is 0 Å². The molecule has 3 nitrogen and oxygen atoms in total. The molecule has 0 radical (unpaired) electrons. The van der Waals surface area contributed by atoms with Crippen molar-refractivity contribution in [1.82, 2.24) is 10.3 Å². The van der Waals surface area contributed by atoms with Crippen LogP contribution in [0.2, 0.25) is 5.15 Å². The van der Waals surface area contributed by atoms with Crippen LogP contribution in [0, 0.1) is 0 Å². The van der Waals surface area contributed by atoms with Crippen molar-refractivity contribution in [2.45, 2.75) is 44.6 Å². The largest absolute Gasteiger partial charge is 0.349 e. The fraction of sp³-hybridized carbons (Fsp3) is 0.412. The van der Waals surface area contributed by atoms with Gasteiger partial charge >= 0.3 is 0 Å². The van der Waals surface area contributed by atoms with Gasteiger partial charge in [0.05, 0.1) is 5.52 Å². The van der Waals surface area contributed by atoms with Gasteiger partial charge < -0.3 is 5.32 Å². The van der Waals surface area contributed by atoms with Gasteiger partial charge in [0.2, 0.25) is 0 Å². The Balaban J connectivity index is 1.76. The van der Waals surface area contributed by atoms with Crippen molar-refractivity contribution in [2.24, 2.45) is 0 Å². The monoisotopic (exact) mass is 302 g/mol. The van der Waals surface area contributed by atoms with Crippen LogP contribution in [0.25, 0.3) is 10.9 Å². The highest BCUT2D eigenvalue weighted by molar-refractivity contribution is 6.29. The first-order chi connectivity index (χ1) is 10.2. The fourth-order valence-electron chi connectivity index (χ4n) is 2.93. The third-order valence-corrected chi connectivity index (χ3v) is 4.32. The highest BCUT2D eigenvalue weighted by Gasteiger charge is 2.16. The van der Waals surface area contributed by atoms with E-state index in [4.69, 9.17) is 11.6 Å². The van der Waals surface area contributed by atoms with Crippen molar-refractivity contribution in [3.63, 3.8) is 0 Å². The number of aromatic nitrogens is 1. The number of carbonyl (C=O) groups excluding carboxylic acids is 1. The highest BCUT2D eigenvalue weighted by Crippen LogP contribution is 2.19. The second kappa shape index (κ2) is 6.44. The van der Waals surface area contributed by atoms with Gasteiger partial charge in [0.1, 0.15) is 5.15 Å². The highest BCUT2D eigenvalue weighted by atomic mass is 35.5. The summed E-state index contributed by atoms with van der Waals surface area (Å²) in [4.78, 5) is 16.6. The van der Waals surface area contributed by atoms with Gasteiger partial charge in [-0.15, -0.1) is 0 Å². The van der Waals surface area contributed by atoms with E-state index in [0.29, 0.717) is 16.8 Å². The molecule has 1 aromatic carbocycles. The van der Waals surface area contributed by atoms with Crippen LogP contribution in [-0.2, 0) is 0 Å². The van der Waals surface area contributed by atoms with E-state index in [1.807, 2.05) is 24.3 Å². The lowest BCUT2D eigenvalue weighted by Crippen LogP contribution is -2.34. The summed E-state index contributed by atoms with van der Waals surface area (Å²) in [6.45, 7) is 0. The maximum absolute atomic E-state index is 12.4. The zero-order valence-corrected chi connectivity index (χ0v) is 12.7. The number of hydrogen-bond donors (Lipinski definition) is 1. The Kier molecular flexibility index (Phi) is 4.39. The predicted octanol–water partition coefficient (Wildman–Crippen LogP) is 4.34. The van der Waals surface area contributed by atoms with Crippen molar-refractivity contribution in [2.75, 3.05) is 0 Å². The summed E-state index contributed by atoms with van der Waals surface area (Å²) in [6.07, 6.45) is 7.19. The van der Waals surface area contributed by atoms with Gasteiger partial charge in [0.25, 0.3) is 5.91 Å². The Bertz CT molecular complexity index is 648. The number of nitrogens with one attached hydrogen (secondary N) is 1. The molecule has 0 bridgehead atoms. The fourth-order valence-corrected chi connectivity index (χ4v) is 3.09. The van der Waals surface area contributed by atoms with Crippen LogP contribution in [0.15, 0.2) is 30.3 Å². The normalized spacial score (nSPS) is 16.6. The van der Waals surface area contributed by atoms with Gasteiger partial charge in [-0.25, -0.2) is 4.98 Å². The van der Waals surface area contributed by atoms with E-state index in [2.05, 4.69) is 10.3 Å². The van der Waals surface area contributed by atoms with Crippen LogP contribution in [-0.4, -0.2) is 16.9 Å². The molecule has 1 saturated carbocycles. The van der Waals surface area contributed by atoms with Crippen LogP contribution in [0.3, 0.4) is 0 Å². The molecule has 1 fully saturated rings. The Labute approximate surface area is 129 Å². The van der Waals surface area contributed by atoms with Crippen molar-refractivity contribution in [1.29, 1.82) is 0 Å². The minimum absolute atomic E-state index is 0.0127.